The van der Waals surface area contributed by atoms with Crippen molar-refractivity contribution in [2.24, 2.45) is 0 Å². The van der Waals surface area contributed by atoms with Gasteiger partial charge in [0.2, 0.25) is 5.91 Å². The molecule has 0 radical (unpaired) electrons. The molecule has 0 saturated heterocycles. The Balaban J connectivity index is 2.37. The molecular formula is C14H17F5N2O2. The normalized spacial score (nSPS) is 13.2. The predicted octanol–water partition coefficient (Wildman–Crippen LogP) is 1.48. The van der Waals surface area contributed by atoms with E-state index in [9.17, 15) is 26.7 Å². The van der Waals surface area contributed by atoms with E-state index in [1.54, 1.807) is 0 Å². The van der Waals surface area contributed by atoms with Crippen LogP contribution in [-0.4, -0.2) is 54.9 Å². The highest BCUT2D eigenvalue weighted by Gasteiger charge is 2.38. The number of rotatable bonds is 7. The van der Waals surface area contributed by atoms with Gasteiger partial charge in [-0.1, -0.05) is 6.07 Å². The number of hydrogen-bond donors (Lipinski definition) is 2. The summed E-state index contributed by atoms with van der Waals surface area (Å²) in [7, 11) is 1.24. The third kappa shape index (κ3) is 6.49. The van der Waals surface area contributed by atoms with E-state index >= 15 is 0 Å². The van der Waals surface area contributed by atoms with Crippen LogP contribution in [-0.2, 0) is 11.2 Å². The van der Waals surface area contributed by atoms with Crippen molar-refractivity contribution in [3.8, 4) is 0 Å². The topological polar surface area (TPSA) is 52.6 Å². The average Bonchev–Trinajstić information content (AvgIpc) is 2.40. The molecular weight excluding hydrogens is 323 g/mol. The van der Waals surface area contributed by atoms with Gasteiger partial charge in [0.05, 0.1) is 6.54 Å². The molecule has 1 aromatic rings. The highest BCUT2D eigenvalue weighted by atomic mass is 19.4. The summed E-state index contributed by atoms with van der Waals surface area (Å²) in [6.07, 6.45) is -7.39. The zero-order valence-electron chi connectivity index (χ0n) is 12.3. The van der Waals surface area contributed by atoms with E-state index in [1.807, 2.05) is 0 Å². The minimum absolute atomic E-state index is 0.0631. The second-order valence-electron chi connectivity index (χ2n) is 5.05. The van der Waals surface area contributed by atoms with Crippen LogP contribution in [0.25, 0.3) is 0 Å². The number of alkyl halides is 3. The molecule has 0 aliphatic heterocycles. The summed E-state index contributed by atoms with van der Waals surface area (Å²) >= 11 is 0. The molecule has 0 bridgehead atoms. The number of likely N-dealkylation sites (N-methyl/N-ethyl adjacent to an activating group) is 1. The molecule has 1 atom stereocenters. The molecule has 0 aliphatic rings. The van der Waals surface area contributed by atoms with Gasteiger partial charge in [-0.3, -0.25) is 9.69 Å². The maximum absolute atomic E-state index is 13.3. The second kappa shape index (κ2) is 8.21. The van der Waals surface area contributed by atoms with Gasteiger partial charge in [-0.25, -0.2) is 8.78 Å². The van der Waals surface area contributed by atoms with E-state index in [0.717, 1.165) is 17.0 Å². The van der Waals surface area contributed by atoms with Crippen LogP contribution in [0.3, 0.4) is 0 Å². The number of nitrogens with one attached hydrogen (secondary N) is 1. The second-order valence-corrected chi connectivity index (χ2v) is 5.05. The zero-order valence-corrected chi connectivity index (χ0v) is 12.3. The highest BCUT2D eigenvalue weighted by molar-refractivity contribution is 5.77. The van der Waals surface area contributed by atoms with Gasteiger partial charge in [0, 0.05) is 18.7 Å². The van der Waals surface area contributed by atoms with Crippen molar-refractivity contribution >= 4 is 5.91 Å². The van der Waals surface area contributed by atoms with Gasteiger partial charge in [0.15, 0.2) is 6.10 Å². The molecule has 1 amide bonds. The lowest BCUT2D eigenvalue weighted by atomic mass is 10.1. The zero-order chi connectivity index (χ0) is 17.6. The largest absolute Gasteiger partial charge is 0.415 e. The maximum atomic E-state index is 13.3. The maximum Gasteiger partial charge on any atom is 0.415 e. The minimum Gasteiger partial charge on any atom is -0.382 e. The predicted molar refractivity (Wildman–Crippen MR) is 72.6 cm³/mol. The first kappa shape index (κ1) is 19.3. The van der Waals surface area contributed by atoms with Crippen molar-refractivity contribution in [1.82, 2.24) is 10.2 Å². The van der Waals surface area contributed by atoms with Crippen molar-refractivity contribution in [3.05, 3.63) is 35.4 Å². The minimum atomic E-state index is -4.76. The quantitative estimate of drug-likeness (QED) is 0.740. The monoisotopic (exact) mass is 340 g/mol. The molecule has 2 N–H and O–H groups in total. The van der Waals surface area contributed by atoms with E-state index in [4.69, 9.17) is 5.11 Å². The molecule has 23 heavy (non-hydrogen) atoms. The molecule has 0 saturated carbocycles. The molecule has 130 valence electrons. The Bertz CT molecular complexity index is 516. The van der Waals surface area contributed by atoms with Crippen molar-refractivity contribution in [2.75, 3.05) is 26.7 Å². The molecule has 0 fully saturated rings. The summed E-state index contributed by atoms with van der Waals surface area (Å²) in [4.78, 5) is 12.5. The summed E-state index contributed by atoms with van der Waals surface area (Å²) in [5.74, 6) is -2.08. The smallest absolute Gasteiger partial charge is 0.382 e. The van der Waals surface area contributed by atoms with E-state index in [1.165, 1.54) is 13.1 Å². The van der Waals surface area contributed by atoms with E-state index in [-0.39, 0.29) is 25.1 Å². The summed E-state index contributed by atoms with van der Waals surface area (Å²) in [6.45, 7) is -1.20. The van der Waals surface area contributed by atoms with Crippen molar-refractivity contribution in [1.29, 1.82) is 0 Å². The molecule has 0 aliphatic carbocycles. The fraction of sp³-hybridized carbons (Fsp3) is 0.500. The van der Waals surface area contributed by atoms with Gasteiger partial charge in [-0.05, 0) is 25.6 Å². The van der Waals surface area contributed by atoms with Crippen LogP contribution in [0.5, 0.6) is 0 Å². The fourth-order valence-electron chi connectivity index (χ4n) is 1.86. The number of benzene rings is 1. The number of hydrogen-bond acceptors (Lipinski definition) is 3. The van der Waals surface area contributed by atoms with E-state index in [2.05, 4.69) is 5.32 Å². The Kier molecular flexibility index (Phi) is 6.89. The van der Waals surface area contributed by atoms with E-state index < -0.39 is 36.4 Å². The first-order valence-corrected chi connectivity index (χ1v) is 6.74. The first-order valence-electron chi connectivity index (χ1n) is 6.74. The summed E-state index contributed by atoms with van der Waals surface area (Å²) in [5.41, 5.74) is -0.173. The van der Waals surface area contributed by atoms with Crippen LogP contribution in [0.1, 0.15) is 5.56 Å². The first-order chi connectivity index (χ1) is 10.6. The van der Waals surface area contributed by atoms with Crippen LogP contribution in [0, 0.1) is 11.6 Å². The van der Waals surface area contributed by atoms with Gasteiger partial charge in [-0.2, -0.15) is 13.2 Å². The van der Waals surface area contributed by atoms with Crippen LogP contribution >= 0.6 is 0 Å². The van der Waals surface area contributed by atoms with Gasteiger partial charge >= 0.3 is 6.18 Å². The van der Waals surface area contributed by atoms with Gasteiger partial charge in [0.1, 0.15) is 11.6 Å². The number of carbonyl (C=O) groups excluding carboxylic acids is 1. The van der Waals surface area contributed by atoms with Gasteiger partial charge in [0.25, 0.3) is 0 Å². The third-order valence-corrected chi connectivity index (χ3v) is 3.03. The lowest BCUT2D eigenvalue weighted by Gasteiger charge is -2.21. The fourth-order valence-corrected chi connectivity index (χ4v) is 1.86. The molecule has 0 aromatic heterocycles. The molecule has 4 nitrogen and oxygen atoms in total. The molecule has 1 aromatic carbocycles. The molecule has 1 unspecified atom stereocenters. The summed E-state index contributed by atoms with van der Waals surface area (Å²) < 4.78 is 63.2. The number of carbonyl (C=O) groups is 1. The lowest BCUT2D eigenvalue weighted by molar-refractivity contribution is -0.207. The SMILES string of the molecule is CN(CC(=O)NCCc1c(F)cccc1F)CC(O)C(F)(F)F. The molecule has 1 rings (SSSR count). The number of aliphatic hydroxyl groups excluding tert-OH is 1. The number of aliphatic hydroxyl groups is 1. The van der Waals surface area contributed by atoms with Crippen LogP contribution < -0.4 is 5.32 Å². The van der Waals surface area contributed by atoms with Crippen molar-refractivity contribution < 1.29 is 31.9 Å². The van der Waals surface area contributed by atoms with E-state index in [0.29, 0.717) is 0 Å². The summed E-state index contributed by atoms with van der Waals surface area (Å²) in [6, 6.07) is 3.40. The molecule has 0 spiro atoms. The van der Waals surface area contributed by atoms with Gasteiger partial charge in [-0.15, -0.1) is 0 Å². The molecule has 0 heterocycles. The third-order valence-electron chi connectivity index (χ3n) is 3.03. The van der Waals surface area contributed by atoms with Gasteiger partial charge < -0.3 is 10.4 Å². The van der Waals surface area contributed by atoms with Crippen LogP contribution in [0.4, 0.5) is 22.0 Å². The standard InChI is InChI=1S/C14H17F5N2O2/c1-21(7-12(22)14(17,18)19)8-13(23)20-6-5-9-10(15)3-2-4-11(9)16/h2-4,12,22H,5-8H2,1H3,(H,20,23). The highest BCUT2D eigenvalue weighted by Crippen LogP contribution is 2.20. The number of amides is 1. The summed E-state index contributed by atoms with van der Waals surface area (Å²) in [5, 5.41) is 11.2. The Morgan fingerprint density at radius 3 is 2.39 bits per heavy atom. The average molecular weight is 340 g/mol. The van der Waals surface area contributed by atoms with Crippen LogP contribution in [0.15, 0.2) is 18.2 Å². The Morgan fingerprint density at radius 2 is 1.87 bits per heavy atom. The Labute approximate surface area is 129 Å². The molecule has 9 heteroatoms. The number of halogens is 5. The Morgan fingerprint density at radius 1 is 1.30 bits per heavy atom. The van der Waals surface area contributed by atoms with Crippen LogP contribution in [0.2, 0.25) is 0 Å². The Hall–Kier alpha value is -1.74. The number of nitrogens with zero attached hydrogens (tertiary/aromatic N) is 1. The van der Waals surface area contributed by atoms with Crippen molar-refractivity contribution in [2.45, 2.75) is 18.7 Å². The van der Waals surface area contributed by atoms with Crippen molar-refractivity contribution in [3.63, 3.8) is 0 Å². The lowest BCUT2D eigenvalue weighted by Crippen LogP contribution is -2.43.